The summed E-state index contributed by atoms with van der Waals surface area (Å²) in [6.07, 6.45) is 2.28. The molecule has 2 fully saturated rings. The predicted molar refractivity (Wildman–Crippen MR) is 111 cm³/mol. The van der Waals surface area contributed by atoms with E-state index in [0.29, 0.717) is 35.8 Å². The molecule has 1 saturated carbocycles. The van der Waals surface area contributed by atoms with Crippen molar-refractivity contribution in [2.24, 2.45) is 17.6 Å². The summed E-state index contributed by atoms with van der Waals surface area (Å²) < 4.78 is 54.9. The smallest absolute Gasteiger partial charge is 0.213 e. The second kappa shape index (κ2) is 8.12. The number of benzene rings is 1. The molecule has 0 unspecified atom stereocenters. The van der Waals surface area contributed by atoms with Crippen molar-refractivity contribution in [1.82, 2.24) is 15.2 Å². The lowest BCUT2D eigenvalue weighted by Gasteiger charge is -2.29. The molecule has 166 valence electrons. The van der Waals surface area contributed by atoms with Crippen molar-refractivity contribution >= 4 is 5.82 Å². The maximum Gasteiger partial charge on any atom is 0.213 e. The molecule has 9 heteroatoms. The third-order valence-electron chi connectivity index (χ3n) is 6.52. The highest BCUT2D eigenvalue weighted by atomic mass is 19.2. The number of rotatable bonds is 4. The molecule has 0 spiro atoms. The second-order valence-corrected chi connectivity index (χ2v) is 8.56. The molecule has 0 amide bonds. The number of halogens is 4. The fourth-order valence-corrected chi connectivity index (χ4v) is 5.17. The lowest BCUT2D eigenvalue weighted by Crippen LogP contribution is -2.37. The first-order valence-electron chi connectivity index (χ1n) is 10.5. The Balaban J connectivity index is 1.45. The van der Waals surface area contributed by atoms with E-state index in [9.17, 15) is 17.6 Å². The first-order chi connectivity index (χ1) is 15.4. The Bertz CT molecular complexity index is 1140. The van der Waals surface area contributed by atoms with Gasteiger partial charge < -0.3 is 10.6 Å². The van der Waals surface area contributed by atoms with Crippen molar-refractivity contribution in [1.29, 1.82) is 0 Å². The number of pyridine rings is 1. The summed E-state index contributed by atoms with van der Waals surface area (Å²) in [6.45, 7) is 0.718. The van der Waals surface area contributed by atoms with Crippen LogP contribution in [0.5, 0.6) is 0 Å². The number of hydrogen-bond donors (Lipinski definition) is 1. The standard InChI is InChI=1S/C23H21F4N5/c24-13-7-17(23(27)18(25)8-13)19-4-5-22(31-30-19)32-11-12-6-14(28)9-16(12)20(32)10-15-2-1-3-21(26)29-15/h1-5,7-8,12,14,16,20H,6,9-11,28H2/t12-,14+,16+,20+/m1/s1. The Morgan fingerprint density at radius 3 is 2.59 bits per heavy atom. The molecule has 4 atom stereocenters. The average Bonchev–Trinajstić information content (AvgIpc) is 3.28. The van der Waals surface area contributed by atoms with Crippen LogP contribution in [0.15, 0.2) is 42.5 Å². The number of nitrogens with two attached hydrogens (primary N) is 1. The van der Waals surface area contributed by atoms with Gasteiger partial charge in [-0.25, -0.2) is 18.2 Å². The summed E-state index contributed by atoms with van der Waals surface area (Å²) in [5.74, 6) is -2.62. The Morgan fingerprint density at radius 1 is 1.00 bits per heavy atom. The van der Waals surface area contributed by atoms with Gasteiger partial charge in [0.05, 0.1) is 5.69 Å². The fourth-order valence-electron chi connectivity index (χ4n) is 5.17. The lowest BCUT2D eigenvalue weighted by molar-refractivity contribution is 0.413. The van der Waals surface area contributed by atoms with Gasteiger partial charge in [-0.05, 0) is 55.0 Å². The molecule has 1 saturated heterocycles. The third kappa shape index (κ3) is 3.81. The summed E-state index contributed by atoms with van der Waals surface area (Å²) in [5.41, 5.74) is 6.59. The van der Waals surface area contributed by atoms with Crippen molar-refractivity contribution in [3.8, 4) is 11.3 Å². The van der Waals surface area contributed by atoms with E-state index < -0.39 is 23.4 Å². The molecule has 1 aliphatic heterocycles. The van der Waals surface area contributed by atoms with Crippen LogP contribution in [0.2, 0.25) is 0 Å². The van der Waals surface area contributed by atoms with Gasteiger partial charge in [-0.3, -0.25) is 0 Å². The molecule has 5 nitrogen and oxygen atoms in total. The van der Waals surface area contributed by atoms with Crippen LogP contribution < -0.4 is 10.6 Å². The van der Waals surface area contributed by atoms with Gasteiger partial charge in [0, 0.05) is 42.4 Å². The number of hydrogen-bond acceptors (Lipinski definition) is 5. The molecular formula is C23H21F4N5. The van der Waals surface area contributed by atoms with Crippen LogP contribution in [0.1, 0.15) is 18.5 Å². The first kappa shape index (κ1) is 20.8. The summed E-state index contributed by atoms with van der Waals surface area (Å²) in [7, 11) is 0. The molecule has 3 aromatic rings. The van der Waals surface area contributed by atoms with E-state index in [4.69, 9.17) is 5.73 Å². The highest BCUT2D eigenvalue weighted by Crippen LogP contribution is 2.44. The molecule has 5 rings (SSSR count). The maximum atomic E-state index is 14.1. The van der Waals surface area contributed by atoms with Crippen LogP contribution in [-0.2, 0) is 6.42 Å². The van der Waals surface area contributed by atoms with E-state index >= 15 is 0 Å². The van der Waals surface area contributed by atoms with Gasteiger partial charge in [-0.15, -0.1) is 10.2 Å². The zero-order valence-corrected chi connectivity index (χ0v) is 17.1. The predicted octanol–water partition coefficient (Wildman–Crippen LogP) is 3.88. The molecule has 2 N–H and O–H groups in total. The topological polar surface area (TPSA) is 67.9 Å². The van der Waals surface area contributed by atoms with Crippen LogP contribution in [0.3, 0.4) is 0 Å². The van der Waals surface area contributed by atoms with Crippen molar-refractivity contribution in [2.45, 2.75) is 31.3 Å². The zero-order valence-electron chi connectivity index (χ0n) is 17.1. The molecular weight excluding hydrogens is 422 g/mol. The summed E-state index contributed by atoms with van der Waals surface area (Å²) in [6, 6.07) is 9.41. The van der Waals surface area contributed by atoms with Gasteiger partial charge in [0.1, 0.15) is 5.82 Å². The molecule has 32 heavy (non-hydrogen) atoms. The van der Waals surface area contributed by atoms with Crippen LogP contribution in [0.25, 0.3) is 11.3 Å². The maximum absolute atomic E-state index is 14.1. The van der Waals surface area contributed by atoms with Gasteiger partial charge in [0.2, 0.25) is 5.95 Å². The van der Waals surface area contributed by atoms with E-state index in [0.717, 1.165) is 25.5 Å². The minimum atomic E-state index is -1.28. The van der Waals surface area contributed by atoms with Gasteiger partial charge in [0.15, 0.2) is 17.5 Å². The van der Waals surface area contributed by atoms with E-state index in [1.54, 1.807) is 18.2 Å². The van der Waals surface area contributed by atoms with Gasteiger partial charge in [-0.2, -0.15) is 4.39 Å². The monoisotopic (exact) mass is 443 g/mol. The minimum absolute atomic E-state index is 0.00588. The fraction of sp³-hybridized carbons (Fsp3) is 0.348. The Labute approximate surface area is 182 Å². The molecule has 2 aromatic heterocycles. The molecule has 1 aliphatic carbocycles. The summed E-state index contributed by atoms with van der Waals surface area (Å²) in [4.78, 5) is 6.11. The third-order valence-corrected chi connectivity index (χ3v) is 6.52. The lowest BCUT2D eigenvalue weighted by atomic mass is 9.91. The summed E-state index contributed by atoms with van der Waals surface area (Å²) >= 11 is 0. The largest absolute Gasteiger partial charge is 0.351 e. The average molecular weight is 443 g/mol. The van der Waals surface area contributed by atoms with E-state index in [1.165, 1.54) is 12.1 Å². The molecule has 0 radical (unpaired) electrons. The van der Waals surface area contributed by atoms with Crippen molar-refractivity contribution in [3.05, 3.63) is 71.6 Å². The zero-order chi connectivity index (χ0) is 22.4. The number of fused-ring (bicyclic) bond motifs is 1. The number of nitrogens with zero attached hydrogens (tertiary/aromatic N) is 4. The Hall–Kier alpha value is -3.07. The quantitative estimate of drug-likeness (QED) is 0.377. The SMILES string of the molecule is N[C@H]1C[C@@H]2CN(c3ccc(-c4cc(F)cc(F)c4F)nn3)[C@@H](Cc3cccc(F)n3)[C@H]2C1. The van der Waals surface area contributed by atoms with E-state index in [-0.39, 0.29) is 23.3 Å². The summed E-state index contributed by atoms with van der Waals surface area (Å²) in [5, 5.41) is 8.27. The van der Waals surface area contributed by atoms with Crippen molar-refractivity contribution in [2.75, 3.05) is 11.4 Å². The molecule has 0 bridgehead atoms. The van der Waals surface area contributed by atoms with Crippen LogP contribution in [0.4, 0.5) is 23.4 Å². The van der Waals surface area contributed by atoms with Crippen molar-refractivity contribution in [3.63, 3.8) is 0 Å². The Kier molecular flexibility index (Phi) is 5.28. The van der Waals surface area contributed by atoms with Crippen LogP contribution in [0, 0.1) is 35.2 Å². The first-order valence-corrected chi connectivity index (χ1v) is 10.5. The van der Waals surface area contributed by atoms with Crippen LogP contribution in [-0.4, -0.2) is 33.8 Å². The molecule has 1 aromatic carbocycles. The highest BCUT2D eigenvalue weighted by molar-refractivity contribution is 5.61. The van der Waals surface area contributed by atoms with Crippen LogP contribution >= 0.6 is 0 Å². The molecule has 3 heterocycles. The second-order valence-electron chi connectivity index (χ2n) is 8.56. The van der Waals surface area contributed by atoms with Gasteiger partial charge in [-0.1, -0.05) is 6.07 Å². The minimum Gasteiger partial charge on any atom is -0.351 e. The highest BCUT2D eigenvalue weighted by Gasteiger charge is 2.47. The number of anilines is 1. The van der Waals surface area contributed by atoms with E-state index in [1.807, 2.05) is 0 Å². The van der Waals surface area contributed by atoms with Gasteiger partial charge >= 0.3 is 0 Å². The van der Waals surface area contributed by atoms with Crippen molar-refractivity contribution < 1.29 is 17.6 Å². The number of aromatic nitrogens is 3. The molecule has 2 aliphatic rings. The van der Waals surface area contributed by atoms with Gasteiger partial charge in [0.25, 0.3) is 0 Å². The Morgan fingerprint density at radius 2 is 1.84 bits per heavy atom. The normalized spacial score (nSPS) is 24.7. The van der Waals surface area contributed by atoms with E-state index in [2.05, 4.69) is 20.1 Å².